The molecule has 1 aliphatic heterocycles. The Balaban J connectivity index is 1.88. The summed E-state index contributed by atoms with van der Waals surface area (Å²) < 4.78 is 5.31. The maximum absolute atomic E-state index is 9.73. The Labute approximate surface area is 79.7 Å². The van der Waals surface area contributed by atoms with E-state index in [4.69, 9.17) is 4.74 Å². The van der Waals surface area contributed by atoms with Gasteiger partial charge in [0.25, 0.3) is 0 Å². The Morgan fingerprint density at radius 3 is 2.69 bits per heavy atom. The number of aliphatic hydroxyl groups excluding tert-OH is 1. The number of ether oxygens (including phenoxy) is 1. The molecule has 3 nitrogen and oxygen atoms in total. The molecule has 1 unspecified atom stereocenters. The lowest BCUT2D eigenvalue weighted by Crippen LogP contribution is -2.39. The van der Waals surface area contributed by atoms with Gasteiger partial charge in [-0.1, -0.05) is 0 Å². The van der Waals surface area contributed by atoms with Crippen LogP contribution in [0.1, 0.15) is 25.7 Å². The normalized spacial score (nSPS) is 41.5. The maximum atomic E-state index is 9.73. The van der Waals surface area contributed by atoms with E-state index in [1.807, 2.05) is 0 Å². The molecule has 1 saturated heterocycles. The number of nitrogens with zero attached hydrogens (tertiary/aromatic N) is 1. The van der Waals surface area contributed by atoms with Crippen LogP contribution in [0.5, 0.6) is 0 Å². The van der Waals surface area contributed by atoms with Gasteiger partial charge in [0.2, 0.25) is 0 Å². The van der Waals surface area contributed by atoms with Crippen molar-refractivity contribution in [2.75, 3.05) is 20.2 Å². The summed E-state index contributed by atoms with van der Waals surface area (Å²) in [5.74, 6) is 0. The van der Waals surface area contributed by atoms with Gasteiger partial charge in [-0.25, -0.2) is 0 Å². The minimum Gasteiger partial charge on any atom is -0.391 e. The average molecular weight is 185 g/mol. The van der Waals surface area contributed by atoms with Crippen molar-refractivity contribution in [3.8, 4) is 0 Å². The van der Waals surface area contributed by atoms with Crippen LogP contribution in [0.25, 0.3) is 0 Å². The van der Waals surface area contributed by atoms with Crippen LogP contribution >= 0.6 is 0 Å². The van der Waals surface area contributed by atoms with E-state index in [1.165, 1.54) is 6.42 Å². The van der Waals surface area contributed by atoms with Gasteiger partial charge in [0.05, 0.1) is 12.2 Å². The predicted octanol–water partition coefficient (Wildman–Crippen LogP) is 0.620. The molecule has 0 aromatic rings. The summed E-state index contributed by atoms with van der Waals surface area (Å²) in [6.07, 6.45) is 4.76. The van der Waals surface area contributed by atoms with Gasteiger partial charge < -0.3 is 9.84 Å². The van der Waals surface area contributed by atoms with E-state index in [1.54, 1.807) is 7.11 Å². The van der Waals surface area contributed by atoms with Crippen LogP contribution in [0.2, 0.25) is 0 Å². The van der Waals surface area contributed by atoms with E-state index in [9.17, 15) is 5.11 Å². The third kappa shape index (κ3) is 1.87. The third-order valence-electron chi connectivity index (χ3n) is 3.42. The summed E-state index contributed by atoms with van der Waals surface area (Å²) in [4.78, 5) is 2.39. The van der Waals surface area contributed by atoms with Crippen LogP contribution in [-0.4, -0.2) is 48.5 Å². The van der Waals surface area contributed by atoms with Crippen molar-refractivity contribution >= 4 is 0 Å². The summed E-state index contributed by atoms with van der Waals surface area (Å²) in [5, 5.41) is 9.73. The topological polar surface area (TPSA) is 32.7 Å². The molecule has 1 N–H and O–H groups in total. The monoisotopic (exact) mass is 185 g/mol. The second-order valence-corrected chi connectivity index (χ2v) is 4.21. The fourth-order valence-corrected chi connectivity index (χ4v) is 2.59. The van der Waals surface area contributed by atoms with E-state index >= 15 is 0 Å². The zero-order valence-corrected chi connectivity index (χ0v) is 8.28. The first kappa shape index (κ1) is 9.44. The summed E-state index contributed by atoms with van der Waals surface area (Å²) >= 11 is 0. The molecular formula is C10H19NO2. The molecule has 13 heavy (non-hydrogen) atoms. The van der Waals surface area contributed by atoms with Gasteiger partial charge in [-0.3, -0.25) is 4.90 Å². The lowest BCUT2D eigenvalue weighted by Gasteiger charge is -2.26. The fraction of sp³-hybridized carbons (Fsp3) is 1.00. The Kier molecular flexibility index (Phi) is 2.86. The molecule has 2 rings (SSSR count). The highest BCUT2D eigenvalue weighted by Gasteiger charge is 2.34. The number of rotatable bonds is 2. The van der Waals surface area contributed by atoms with Crippen molar-refractivity contribution in [3.63, 3.8) is 0 Å². The smallest absolute Gasteiger partial charge is 0.0710 e. The van der Waals surface area contributed by atoms with E-state index in [-0.39, 0.29) is 6.10 Å². The lowest BCUT2D eigenvalue weighted by atomic mass is 10.2. The maximum Gasteiger partial charge on any atom is 0.0710 e. The Hall–Kier alpha value is -0.120. The highest BCUT2D eigenvalue weighted by molar-refractivity contribution is 4.89. The zero-order valence-electron chi connectivity index (χ0n) is 8.28. The van der Waals surface area contributed by atoms with Gasteiger partial charge in [0.15, 0.2) is 0 Å². The second-order valence-electron chi connectivity index (χ2n) is 4.21. The lowest BCUT2D eigenvalue weighted by molar-refractivity contribution is 0.0636. The molecule has 0 aromatic heterocycles. The average Bonchev–Trinajstić information content (AvgIpc) is 2.71. The summed E-state index contributed by atoms with van der Waals surface area (Å²) in [6, 6.07) is 0.417. The van der Waals surface area contributed by atoms with Crippen LogP contribution in [-0.2, 0) is 4.74 Å². The first-order chi connectivity index (χ1) is 6.31. The minimum atomic E-state index is -0.0874. The summed E-state index contributed by atoms with van der Waals surface area (Å²) in [6.45, 7) is 2.11. The van der Waals surface area contributed by atoms with Crippen LogP contribution in [0.4, 0.5) is 0 Å². The number of methoxy groups -OCH3 is 1. The van der Waals surface area contributed by atoms with Gasteiger partial charge in [-0.2, -0.15) is 0 Å². The molecule has 2 fully saturated rings. The first-order valence-electron chi connectivity index (χ1n) is 5.26. The van der Waals surface area contributed by atoms with Crippen LogP contribution in [0.3, 0.4) is 0 Å². The SMILES string of the molecule is COC1CCN([C@@H]2CCC[C@H]2O)C1. The second kappa shape index (κ2) is 3.95. The van der Waals surface area contributed by atoms with Gasteiger partial charge in [0, 0.05) is 26.2 Å². The molecule has 1 heterocycles. The Morgan fingerprint density at radius 1 is 1.31 bits per heavy atom. The van der Waals surface area contributed by atoms with Gasteiger partial charge in [-0.15, -0.1) is 0 Å². The Bertz CT molecular complexity index is 174. The van der Waals surface area contributed by atoms with E-state index in [0.29, 0.717) is 12.1 Å². The van der Waals surface area contributed by atoms with Gasteiger partial charge in [0.1, 0.15) is 0 Å². The highest BCUT2D eigenvalue weighted by atomic mass is 16.5. The molecule has 3 heteroatoms. The molecule has 2 aliphatic rings. The fourth-order valence-electron chi connectivity index (χ4n) is 2.59. The van der Waals surface area contributed by atoms with Crippen LogP contribution < -0.4 is 0 Å². The summed E-state index contributed by atoms with van der Waals surface area (Å²) in [5.41, 5.74) is 0. The van der Waals surface area contributed by atoms with Gasteiger partial charge >= 0.3 is 0 Å². The van der Waals surface area contributed by atoms with Crippen LogP contribution in [0, 0.1) is 0 Å². The quantitative estimate of drug-likeness (QED) is 0.684. The van der Waals surface area contributed by atoms with Crippen molar-refractivity contribution in [2.45, 2.75) is 43.9 Å². The molecule has 76 valence electrons. The van der Waals surface area contributed by atoms with Crippen molar-refractivity contribution in [1.29, 1.82) is 0 Å². The zero-order chi connectivity index (χ0) is 9.26. The van der Waals surface area contributed by atoms with Crippen LogP contribution in [0.15, 0.2) is 0 Å². The van der Waals surface area contributed by atoms with Gasteiger partial charge in [-0.05, 0) is 25.7 Å². The number of likely N-dealkylation sites (tertiary alicyclic amines) is 1. The predicted molar refractivity (Wildman–Crippen MR) is 50.6 cm³/mol. The molecule has 0 aromatic carbocycles. The molecule has 1 saturated carbocycles. The van der Waals surface area contributed by atoms with Crippen molar-refractivity contribution in [1.82, 2.24) is 4.90 Å². The van der Waals surface area contributed by atoms with Crippen molar-refractivity contribution < 1.29 is 9.84 Å². The Morgan fingerprint density at radius 2 is 2.15 bits per heavy atom. The van der Waals surface area contributed by atoms with Crippen molar-refractivity contribution in [2.24, 2.45) is 0 Å². The van der Waals surface area contributed by atoms with E-state index in [0.717, 1.165) is 32.4 Å². The standard InChI is InChI=1S/C10H19NO2/c1-13-8-5-6-11(7-8)9-3-2-4-10(9)12/h8-10,12H,2-7H2,1H3/t8?,9-,10-/m1/s1. The largest absolute Gasteiger partial charge is 0.391 e. The molecule has 0 amide bonds. The van der Waals surface area contributed by atoms with E-state index < -0.39 is 0 Å². The highest BCUT2D eigenvalue weighted by Crippen LogP contribution is 2.27. The molecule has 3 atom stereocenters. The number of hydrogen-bond donors (Lipinski definition) is 1. The van der Waals surface area contributed by atoms with Crippen molar-refractivity contribution in [3.05, 3.63) is 0 Å². The number of hydrogen-bond acceptors (Lipinski definition) is 3. The number of aliphatic hydroxyl groups is 1. The first-order valence-corrected chi connectivity index (χ1v) is 5.26. The summed E-state index contributed by atoms with van der Waals surface area (Å²) in [7, 11) is 1.78. The molecular weight excluding hydrogens is 166 g/mol. The molecule has 0 radical (unpaired) electrons. The molecule has 0 spiro atoms. The van der Waals surface area contributed by atoms with E-state index in [2.05, 4.69) is 4.90 Å². The molecule has 1 aliphatic carbocycles. The third-order valence-corrected chi connectivity index (χ3v) is 3.42. The molecule has 0 bridgehead atoms. The minimum absolute atomic E-state index is 0.0874.